The zero-order valence-electron chi connectivity index (χ0n) is 29.1. The highest BCUT2D eigenvalue weighted by atomic mass is 32.1. The number of thiophene rings is 1. The molecule has 0 unspecified atom stereocenters. The van der Waals surface area contributed by atoms with E-state index >= 15 is 0 Å². The van der Waals surface area contributed by atoms with Crippen molar-refractivity contribution >= 4 is 64.4 Å². The van der Waals surface area contributed by atoms with E-state index in [1.165, 1.54) is 16.5 Å². The number of rotatable bonds is 5. The van der Waals surface area contributed by atoms with Crippen LogP contribution >= 0.6 is 11.3 Å². The van der Waals surface area contributed by atoms with Crippen molar-refractivity contribution in [3.05, 3.63) is 163 Å². The molecule has 4 aromatic heterocycles. The SMILES string of the molecule is Cc1ccc2c3cc(-c4nc(-c5ccccc5)nc(-c5cccc6sc7c(-c8nc9ccccc9o8)cccc7c56)n4)ccc3n(-c3ccccc3)c2c1. The lowest BCUT2D eigenvalue weighted by molar-refractivity contribution is 0.621. The van der Waals surface area contributed by atoms with E-state index in [2.05, 4.69) is 127 Å². The van der Waals surface area contributed by atoms with Crippen molar-refractivity contribution in [1.29, 1.82) is 0 Å². The molecule has 254 valence electrons. The van der Waals surface area contributed by atoms with Gasteiger partial charge in [0.25, 0.3) is 0 Å². The molecule has 0 spiro atoms. The average Bonchev–Trinajstić information content (AvgIpc) is 3.92. The molecule has 0 aliphatic rings. The minimum Gasteiger partial charge on any atom is -0.436 e. The second kappa shape index (κ2) is 12.0. The minimum absolute atomic E-state index is 0.614. The number of aromatic nitrogens is 5. The fraction of sp³-hybridized carbons (Fsp3) is 0.0213. The van der Waals surface area contributed by atoms with Gasteiger partial charge in [-0.15, -0.1) is 11.3 Å². The number of nitrogens with zero attached hydrogens (tertiary/aromatic N) is 5. The maximum absolute atomic E-state index is 6.25. The predicted octanol–water partition coefficient (Wildman–Crippen LogP) is 12.5. The number of hydrogen-bond donors (Lipinski definition) is 0. The van der Waals surface area contributed by atoms with Gasteiger partial charge in [-0.25, -0.2) is 19.9 Å². The van der Waals surface area contributed by atoms with Gasteiger partial charge in [0, 0.05) is 53.3 Å². The summed E-state index contributed by atoms with van der Waals surface area (Å²) in [5, 5.41) is 4.54. The molecule has 0 aliphatic heterocycles. The van der Waals surface area contributed by atoms with E-state index < -0.39 is 0 Å². The molecule has 0 N–H and O–H groups in total. The zero-order chi connectivity index (χ0) is 35.8. The number of aryl methyl sites for hydroxylation is 1. The molecule has 0 fully saturated rings. The molecule has 7 aromatic carbocycles. The number of fused-ring (bicyclic) bond motifs is 7. The molecule has 0 saturated heterocycles. The van der Waals surface area contributed by atoms with Crippen LogP contribution in [0.2, 0.25) is 0 Å². The van der Waals surface area contributed by atoms with Crippen LogP contribution in [0.1, 0.15) is 5.56 Å². The Labute approximate surface area is 313 Å². The van der Waals surface area contributed by atoms with Gasteiger partial charge in [0.1, 0.15) is 5.52 Å². The molecule has 7 heteroatoms. The van der Waals surface area contributed by atoms with Gasteiger partial charge in [-0.3, -0.25) is 0 Å². The first kappa shape index (κ1) is 30.6. The second-order valence-corrected chi connectivity index (χ2v) is 14.6. The maximum Gasteiger partial charge on any atom is 0.228 e. The molecule has 0 bridgehead atoms. The van der Waals surface area contributed by atoms with Gasteiger partial charge in [-0.05, 0) is 73.2 Å². The Morgan fingerprint density at radius 2 is 1.26 bits per heavy atom. The molecule has 4 heterocycles. The van der Waals surface area contributed by atoms with Crippen molar-refractivity contribution < 1.29 is 4.42 Å². The Bertz CT molecular complexity index is 3200. The average molecular weight is 712 g/mol. The fourth-order valence-corrected chi connectivity index (χ4v) is 8.89. The van der Waals surface area contributed by atoms with E-state index in [4.69, 9.17) is 24.4 Å². The van der Waals surface area contributed by atoms with Crippen LogP contribution in [-0.4, -0.2) is 24.5 Å². The van der Waals surface area contributed by atoms with Crippen molar-refractivity contribution in [2.24, 2.45) is 0 Å². The standard InChI is InChI=1S/C47H29N5OS/c1-28-22-24-32-36-27-30(23-25-38(36)52(39(32)26-28)31-14-6-3-7-15-31)45-49-44(29-12-4-2-5-13-29)50-46(51-45)34-17-11-21-41-42(34)33-16-10-18-35(43(33)54-41)47-48-37-19-8-9-20-40(37)53-47/h2-27H,1H3. The molecule has 11 rings (SSSR count). The highest BCUT2D eigenvalue weighted by Gasteiger charge is 2.21. The zero-order valence-corrected chi connectivity index (χ0v) is 29.9. The Balaban J connectivity index is 1.13. The first-order chi connectivity index (χ1) is 26.7. The predicted molar refractivity (Wildman–Crippen MR) is 221 cm³/mol. The molecule has 0 radical (unpaired) electrons. The smallest absolute Gasteiger partial charge is 0.228 e. The van der Waals surface area contributed by atoms with Crippen molar-refractivity contribution in [2.45, 2.75) is 6.92 Å². The van der Waals surface area contributed by atoms with E-state index in [0.29, 0.717) is 23.4 Å². The van der Waals surface area contributed by atoms with Gasteiger partial charge in [0.05, 0.1) is 16.6 Å². The van der Waals surface area contributed by atoms with E-state index in [1.54, 1.807) is 11.3 Å². The van der Waals surface area contributed by atoms with Crippen molar-refractivity contribution in [3.63, 3.8) is 0 Å². The Hall–Kier alpha value is -6.96. The third kappa shape index (κ3) is 4.86. The molecule has 54 heavy (non-hydrogen) atoms. The van der Waals surface area contributed by atoms with Crippen LogP contribution in [-0.2, 0) is 0 Å². The first-order valence-electron chi connectivity index (χ1n) is 17.9. The molecule has 11 aromatic rings. The van der Waals surface area contributed by atoms with Gasteiger partial charge < -0.3 is 8.98 Å². The normalized spacial score (nSPS) is 11.8. The molecule has 0 atom stereocenters. The third-order valence-electron chi connectivity index (χ3n) is 10.1. The number of oxazole rings is 1. The van der Waals surface area contributed by atoms with Gasteiger partial charge in [-0.1, -0.05) is 97.1 Å². The van der Waals surface area contributed by atoms with E-state index in [0.717, 1.165) is 70.1 Å². The summed E-state index contributed by atoms with van der Waals surface area (Å²) < 4.78 is 10.8. The van der Waals surface area contributed by atoms with Gasteiger partial charge in [0.2, 0.25) is 5.89 Å². The van der Waals surface area contributed by atoms with Gasteiger partial charge >= 0.3 is 0 Å². The summed E-state index contributed by atoms with van der Waals surface area (Å²) in [5.74, 6) is 2.49. The van der Waals surface area contributed by atoms with Crippen molar-refractivity contribution in [2.75, 3.05) is 0 Å². The quantitative estimate of drug-likeness (QED) is 0.178. The van der Waals surface area contributed by atoms with Crippen molar-refractivity contribution in [1.82, 2.24) is 24.5 Å². The molecule has 6 nitrogen and oxygen atoms in total. The number of para-hydroxylation sites is 3. The van der Waals surface area contributed by atoms with Crippen LogP contribution in [0, 0.1) is 6.92 Å². The number of benzene rings is 7. The van der Waals surface area contributed by atoms with E-state index in [-0.39, 0.29) is 0 Å². The summed E-state index contributed by atoms with van der Waals surface area (Å²) in [6.07, 6.45) is 0. The van der Waals surface area contributed by atoms with Crippen LogP contribution in [0.25, 0.3) is 104 Å². The summed E-state index contributed by atoms with van der Waals surface area (Å²) in [4.78, 5) is 20.4. The Morgan fingerprint density at radius 1 is 0.519 bits per heavy atom. The summed E-state index contributed by atoms with van der Waals surface area (Å²) in [5.41, 5.74) is 10.0. The lowest BCUT2D eigenvalue weighted by Gasteiger charge is -2.10. The lowest BCUT2D eigenvalue weighted by Crippen LogP contribution is -2.00. The minimum atomic E-state index is 0.614. The summed E-state index contributed by atoms with van der Waals surface area (Å²) in [7, 11) is 0. The topological polar surface area (TPSA) is 69.6 Å². The first-order valence-corrected chi connectivity index (χ1v) is 18.7. The summed E-state index contributed by atoms with van der Waals surface area (Å²) in [6.45, 7) is 2.14. The van der Waals surface area contributed by atoms with Crippen LogP contribution in [0.5, 0.6) is 0 Å². The lowest BCUT2D eigenvalue weighted by atomic mass is 10.0. The van der Waals surface area contributed by atoms with Crippen LogP contribution < -0.4 is 0 Å². The van der Waals surface area contributed by atoms with Crippen LogP contribution in [0.3, 0.4) is 0 Å². The molecule has 0 saturated carbocycles. The summed E-state index contributed by atoms with van der Waals surface area (Å²) >= 11 is 1.73. The number of hydrogen-bond acceptors (Lipinski definition) is 6. The highest BCUT2D eigenvalue weighted by Crippen LogP contribution is 2.44. The van der Waals surface area contributed by atoms with E-state index in [1.807, 2.05) is 42.5 Å². The van der Waals surface area contributed by atoms with Crippen LogP contribution in [0.4, 0.5) is 0 Å². The molecular formula is C47H29N5OS. The fourth-order valence-electron chi connectivity index (χ4n) is 7.66. The molecule has 0 aliphatic carbocycles. The highest BCUT2D eigenvalue weighted by molar-refractivity contribution is 7.26. The molecular weight excluding hydrogens is 683 g/mol. The Morgan fingerprint density at radius 3 is 2.11 bits per heavy atom. The van der Waals surface area contributed by atoms with Gasteiger partial charge in [0.15, 0.2) is 23.1 Å². The van der Waals surface area contributed by atoms with E-state index in [9.17, 15) is 0 Å². The largest absolute Gasteiger partial charge is 0.436 e. The Kier molecular flexibility index (Phi) is 6.84. The summed E-state index contributed by atoms with van der Waals surface area (Å²) in [6, 6.07) is 54.5. The van der Waals surface area contributed by atoms with Crippen LogP contribution in [0.15, 0.2) is 162 Å². The second-order valence-electron chi connectivity index (χ2n) is 13.5. The monoisotopic (exact) mass is 711 g/mol. The molecule has 0 amide bonds. The van der Waals surface area contributed by atoms with Crippen molar-refractivity contribution in [3.8, 4) is 51.3 Å². The third-order valence-corrected chi connectivity index (χ3v) is 11.4. The maximum atomic E-state index is 6.25. The van der Waals surface area contributed by atoms with Gasteiger partial charge in [-0.2, -0.15) is 0 Å².